The number of hydrogen-bond donors (Lipinski definition) is 1. The fourth-order valence-electron chi connectivity index (χ4n) is 3.24. The highest BCUT2D eigenvalue weighted by molar-refractivity contribution is 6.48. The van der Waals surface area contributed by atoms with Crippen LogP contribution in [-0.2, 0) is 15.7 Å². The van der Waals surface area contributed by atoms with Crippen molar-refractivity contribution in [3.63, 3.8) is 0 Å². The first kappa shape index (κ1) is 33.5. The number of allylic oxidation sites excluding steroid dienone is 1. The van der Waals surface area contributed by atoms with Crippen LogP contribution < -0.4 is 5.32 Å². The Morgan fingerprint density at radius 2 is 1.48 bits per heavy atom. The summed E-state index contributed by atoms with van der Waals surface area (Å²) in [5, 5.41) is 0.0762. The number of alkyl halides is 9. The van der Waals surface area contributed by atoms with Gasteiger partial charge < -0.3 is 10.1 Å². The Hall–Kier alpha value is -2.71. The molecule has 0 heterocycles. The van der Waals surface area contributed by atoms with E-state index < -0.39 is 86.9 Å². The number of ether oxygens (including phenoxy) is 1. The molecule has 0 bridgehead atoms. The highest BCUT2D eigenvalue weighted by Crippen LogP contribution is 2.43. The molecule has 2 rings (SSSR count). The Kier molecular flexibility index (Phi) is 10.4. The normalized spacial score (nSPS) is 14.5. The Morgan fingerprint density at radius 1 is 0.925 bits per heavy atom. The van der Waals surface area contributed by atoms with Gasteiger partial charge in [-0.15, -0.1) is 0 Å². The number of carbonyl (C=O) groups excluding carboxylic acids is 2. The molecule has 0 aliphatic carbocycles. The molecule has 4 nitrogen and oxygen atoms in total. The van der Waals surface area contributed by atoms with Crippen LogP contribution in [0.3, 0.4) is 0 Å². The fraction of sp³-hybridized carbons (Fsp3) is 0.304. The number of esters is 1. The van der Waals surface area contributed by atoms with E-state index in [4.69, 9.17) is 34.8 Å². The van der Waals surface area contributed by atoms with E-state index in [2.05, 4.69) is 4.74 Å². The van der Waals surface area contributed by atoms with Crippen molar-refractivity contribution in [2.24, 2.45) is 0 Å². The van der Waals surface area contributed by atoms with Gasteiger partial charge in [0.1, 0.15) is 17.8 Å². The molecule has 2 unspecified atom stereocenters. The van der Waals surface area contributed by atoms with Crippen LogP contribution in [0.15, 0.2) is 36.4 Å². The Morgan fingerprint density at radius 3 is 1.93 bits per heavy atom. The number of rotatable bonds is 7. The van der Waals surface area contributed by atoms with E-state index in [-0.39, 0.29) is 23.2 Å². The summed E-state index contributed by atoms with van der Waals surface area (Å²) in [4.78, 5) is 23.6. The average Bonchev–Trinajstić information content (AvgIpc) is 2.82. The third-order valence-corrected chi connectivity index (χ3v) is 6.37. The number of carbonyl (C=O) groups is 2. The van der Waals surface area contributed by atoms with Gasteiger partial charge in [-0.1, -0.05) is 40.9 Å². The van der Waals surface area contributed by atoms with Gasteiger partial charge in [-0.2, -0.15) is 39.5 Å². The zero-order valence-electron chi connectivity index (χ0n) is 19.5. The molecule has 0 aliphatic heterocycles. The minimum Gasteiger partial charge on any atom is -0.469 e. The van der Waals surface area contributed by atoms with Gasteiger partial charge in [-0.3, -0.25) is 9.59 Å². The van der Waals surface area contributed by atoms with Crippen molar-refractivity contribution in [2.45, 2.75) is 36.9 Å². The third-order valence-electron chi connectivity index (χ3n) is 5.18. The van der Waals surface area contributed by atoms with E-state index in [9.17, 15) is 53.5 Å². The summed E-state index contributed by atoms with van der Waals surface area (Å²) in [6.45, 7) is 0. The summed E-state index contributed by atoms with van der Waals surface area (Å²) in [6.07, 6.45) is -17.5. The van der Waals surface area contributed by atoms with Gasteiger partial charge in [0.15, 0.2) is 0 Å². The van der Waals surface area contributed by atoms with Crippen LogP contribution in [0.5, 0.6) is 0 Å². The number of benzene rings is 2. The summed E-state index contributed by atoms with van der Waals surface area (Å²) >= 11 is 17.2. The second-order valence-corrected chi connectivity index (χ2v) is 9.13. The van der Waals surface area contributed by atoms with Crippen LogP contribution in [0.1, 0.15) is 39.4 Å². The molecule has 2 atom stereocenters. The summed E-state index contributed by atoms with van der Waals surface area (Å²) < 4.78 is 141. The van der Waals surface area contributed by atoms with Crippen LogP contribution in [-0.4, -0.2) is 37.4 Å². The van der Waals surface area contributed by atoms with E-state index in [0.29, 0.717) is 6.07 Å². The smallest absolute Gasteiger partial charge is 0.417 e. The van der Waals surface area contributed by atoms with Crippen LogP contribution >= 0.6 is 34.8 Å². The molecule has 1 amide bonds. The molecule has 0 radical (unpaired) electrons. The van der Waals surface area contributed by atoms with Crippen molar-refractivity contribution < 1.29 is 58.2 Å². The summed E-state index contributed by atoms with van der Waals surface area (Å²) in [7, 11) is 0.736. The number of amides is 1. The molecule has 2 aromatic carbocycles. The van der Waals surface area contributed by atoms with Gasteiger partial charge in [-0.25, -0.2) is 4.39 Å². The lowest BCUT2D eigenvalue weighted by molar-refractivity contribution is -0.166. The van der Waals surface area contributed by atoms with Crippen molar-refractivity contribution in [3.8, 4) is 0 Å². The van der Waals surface area contributed by atoms with Crippen LogP contribution in [0.25, 0.3) is 5.83 Å². The van der Waals surface area contributed by atoms with Gasteiger partial charge in [-0.05, 0) is 35.9 Å². The molecule has 0 saturated heterocycles. The highest BCUT2D eigenvalue weighted by atomic mass is 35.5. The predicted octanol–water partition coefficient (Wildman–Crippen LogP) is 8.55. The van der Waals surface area contributed by atoms with Crippen molar-refractivity contribution in [2.75, 3.05) is 7.11 Å². The quantitative estimate of drug-likeness (QED) is 0.186. The lowest BCUT2D eigenvalue weighted by atomic mass is 9.95. The van der Waals surface area contributed by atoms with Crippen molar-refractivity contribution in [3.05, 3.63) is 73.7 Å². The Bertz CT molecular complexity index is 1280. The largest absolute Gasteiger partial charge is 0.469 e. The lowest BCUT2D eigenvalue weighted by Gasteiger charge is -2.22. The first-order valence-electron chi connectivity index (χ1n) is 10.4. The number of nitrogens with one attached hydrogen (secondary N) is 1. The van der Waals surface area contributed by atoms with Gasteiger partial charge in [0.2, 0.25) is 0 Å². The van der Waals surface area contributed by atoms with Crippen LogP contribution in [0, 0.1) is 0 Å². The highest BCUT2D eigenvalue weighted by Gasteiger charge is 2.44. The Balaban J connectivity index is 2.57. The fourth-order valence-corrected chi connectivity index (χ4v) is 3.85. The van der Waals surface area contributed by atoms with E-state index >= 15 is 0 Å². The van der Waals surface area contributed by atoms with Crippen LogP contribution in [0.4, 0.5) is 43.9 Å². The molecular weight excluding hydrogens is 635 g/mol. The molecule has 40 heavy (non-hydrogen) atoms. The maximum atomic E-state index is 14.9. The van der Waals surface area contributed by atoms with Gasteiger partial charge in [0.05, 0.1) is 39.7 Å². The SMILES string of the molecule is COC(=O)CC(NC(=O)c1ccc(C(F)=CC(c2cc(Cl)c(Cl)c(Cl)c2)C(F)(F)F)cc1C(F)(F)F)C(F)(F)F. The molecule has 2 aromatic rings. The molecule has 1 N–H and O–H groups in total. The van der Waals surface area contributed by atoms with Crippen molar-refractivity contribution >= 4 is 52.5 Å². The molecule has 17 heteroatoms. The number of methoxy groups -OCH3 is 1. The first-order chi connectivity index (χ1) is 18.2. The van der Waals surface area contributed by atoms with Crippen molar-refractivity contribution in [1.29, 1.82) is 0 Å². The molecule has 0 aromatic heterocycles. The minimum absolute atomic E-state index is 0.0566. The molecule has 0 aliphatic rings. The molecular formula is C23H14Cl3F10NO3. The first-order valence-corrected chi connectivity index (χ1v) is 11.5. The minimum atomic E-state index is -5.47. The summed E-state index contributed by atoms with van der Waals surface area (Å²) in [5.74, 6) is -8.00. The van der Waals surface area contributed by atoms with E-state index in [1.54, 1.807) is 0 Å². The number of hydrogen-bond acceptors (Lipinski definition) is 3. The molecule has 220 valence electrons. The van der Waals surface area contributed by atoms with Crippen molar-refractivity contribution in [1.82, 2.24) is 5.32 Å². The van der Waals surface area contributed by atoms with E-state index in [0.717, 1.165) is 19.2 Å². The zero-order valence-corrected chi connectivity index (χ0v) is 21.7. The Labute approximate surface area is 233 Å². The lowest BCUT2D eigenvalue weighted by Crippen LogP contribution is -2.47. The topological polar surface area (TPSA) is 55.4 Å². The standard InChI is InChI=1S/C23H14Cl3F10NO3/c1-40-18(38)8-17(23(34,35)36)37-20(39)11-3-2-9(4-13(11)22(31,32)33)16(27)7-12(21(28,29)30)10-5-14(24)19(26)15(25)6-10/h2-7,12,17H,8H2,1H3,(H,37,39). The van der Waals surface area contributed by atoms with Crippen LogP contribution in [0.2, 0.25) is 15.1 Å². The van der Waals surface area contributed by atoms with Gasteiger partial charge in [0, 0.05) is 5.56 Å². The molecule has 0 saturated carbocycles. The van der Waals surface area contributed by atoms with Gasteiger partial charge >= 0.3 is 24.5 Å². The second kappa shape index (κ2) is 12.4. The number of halogens is 13. The molecule has 0 fully saturated rings. The van der Waals surface area contributed by atoms with E-state index in [1.807, 2.05) is 0 Å². The monoisotopic (exact) mass is 647 g/mol. The summed E-state index contributed by atoms with van der Waals surface area (Å²) in [6, 6.07) is -0.844. The predicted molar refractivity (Wildman–Crippen MR) is 125 cm³/mol. The second-order valence-electron chi connectivity index (χ2n) is 7.94. The maximum absolute atomic E-state index is 14.9. The molecule has 0 spiro atoms. The average molecular weight is 649 g/mol. The summed E-state index contributed by atoms with van der Waals surface area (Å²) in [5.41, 5.74) is -5.19. The van der Waals surface area contributed by atoms with E-state index in [1.165, 1.54) is 5.32 Å². The maximum Gasteiger partial charge on any atom is 0.417 e. The van der Waals surface area contributed by atoms with Gasteiger partial charge in [0.25, 0.3) is 5.91 Å². The zero-order chi connectivity index (χ0) is 30.8. The third kappa shape index (κ3) is 8.40.